The van der Waals surface area contributed by atoms with Crippen LogP contribution in [0.1, 0.15) is 18.1 Å². The summed E-state index contributed by atoms with van der Waals surface area (Å²) in [5, 5.41) is 3.30. The van der Waals surface area contributed by atoms with Crippen molar-refractivity contribution >= 4 is 11.5 Å². The van der Waals surface area contributed by atoms with Crippen molar-refractivity contribution in [3.63, 3.8) is 0 Å². The maximum absolute atomic E-state index is 5.17. The highest BCUT2D eigenvalue weighted by Crippen LogP contribution is 2.20. The van der Waals surface area contributed by atoms with Gasteiger partial charge in [-0.1, -0.05) is 19.1 Å². The molecule has 1 heterocycles. The minimum atomic E-state index is 0.629. The number of ether oxygens (including phenoxy) is 1. The number of hydrogen-bond donors (Lipinski definition) is 1. The highest BCUT2D eigenvalue weighted by Gasteiger charge is 2.01. The minimum Gasteiger partial charge on any atom is -0.481 e. The summed E-state index contributed by atoms with van der Waals surface area (Å²) in [6, 6.07) is 12.3. The van der Waals surface area contributed by atoms with Crippen LogP contribution in [-0.4, -0.2) is 12.1 Å². The van der Waals surface area contributed by atoms with Crippen molar-refractivity contribution in [3.05, 3.63) is 47.5 Å². The smallest absolute Gasteiger partial charge is 0.215 e. The first-order chi connectivity index (χ1) is 8.71. The number of aromatic nitrogens is 1. The number of nitrogens with one attached hydrogen (secondary N) is 1. The van der Waals surface area contributed by atoms with Crippen LogP contribution in [-0.2, 0) is 6.42 Å². The lowest BCUT2D eigenvalue weighted by molar-refractivity contribution is 0.398. The Morgan fingerprint density at radius 1 is 1.22 bits per heavy atom. The number of anilines is 2. The summed E-state index contributed by atoms with van der Waals surface area (Å²) in [5.74, 6) is 1.43. The van der Waals surface area contributed by atoms with E-state index in [4.69, 9.17) is 4.74 Å². The average Bonchev–Trinajstić information content (AvgIpc) is 2.38. The Bertz CT molecular complexity index is 538. The molecule has 0 aliphatic rings. The molecule has 0 aliphatic heterocycles. The first-order valence-corrected chi connectivity index (χ1v) is 6.10. The molecule has 0 atom stereocenters. The molecule has 0 fully saturated rings. The number of aryl methyl sites for hydroxylation is 2. The third-order valence-corrected chi connectivity index (χ3v) is 2.76. The number of benzene rings is 1. The zero-order valence-corrected chi connectivity index (χ0v) is 11.0. The molecule has 0 amide bonds. The van der Waals surface area contributed by atoms with E-state index in [-0.39, 0.29) is 0 Å². The monoisotopic (exact) mass is 242 g/mol. The lowest BCUT2D eigenvalue weighted by Crippen LogP contribution is -1.97. The highest BCUT2D eigenvalue weighted by molar-refractivity contribution is 5.58. The van der Waals surface area contributed by atoms with Crippen LogP contribution in [0.2, 0.25) is 0 Å². The van der Waals surface area contributed by atoms with Crippen molar-refractivity contribution in [2.24, 2.45) is 0 Å². The molecular weight excluding hydrogens is 224 g/mol. The van der Waals surface area contributed by atoms with E-state index in [1.54, 1.807) is 7.11 Å². The average molecular weight is 242 g/mol. The molecule has 0 saturated heterocycles. The van der Waals surface area contributed by atoms with Gasteiger partial charge in [0.05, 0.1) is 7.11 Å². The fourth-order valence-corrected chi connectivity index (χ4v) is 1.82. The van der Waals surface area contributed by atoms with Crippen molar-refractivity contribution in [2.75, 3.05) is 12.4 Å². The fourth-order valence-electron chi connectivity index (χ4n) is 1.82. The first kappa shape index (κ1) is 12.4. The van der Waals surface area contributed by atoms with Crippen LogP contribution in [0.5, 0.6) is 5.88 Å². The summed E-state index contributed by atoms with van der Waals surface area (Å²) in [5.41, 5.74) is 3.48. The molecule has 0 radical (unpaired) electrons. The molecule has 94 valence electrons. The van der Waals surface area contributed by atoms with Gasteiger partial charge in [-0.05, 0) is 42.7 Å². The molecule has 0 saturated carbocycles. The maximum atomic E-state index is 5.17. The molecule has 18 heavy (non-hydrogen) atoms. The summed E-state index contributed by atoms with van der Waals surface area (Å²) in [6.45, 7) is 4.17. The van der Waals surface area contributed by atoms with E-state index in [1.807, 2.05) is 31.2 Å². The maximum Gasteiger partial charge on any atom is 0.215 e. The van der Waals surface area contributed by atoms with Crippen LogP contribution in [0.25, 0.3) is 0 Å². The van der Waals surface area contributed by atoms with Gasteiger partial charge in [0.1, 0.15) is 5.82 Å². The van der Waals surface area contributed by atoms with Gasteiger partial charge in [-0.2, -0.15) is 4.98 Å². The zero-order valence-electron chi connectivity index (χ0n) is 11.0. The van der Waals surface area contributed by atoms with Crippen LogP contribution < -0.4 is 10.1 Å². The topological polar surface area (TPSA) is 34.1 Å². The molecule has 0 bridgehead atoms. The number of nitrogens with zero attached hydrogens (tertiary/aromatic N) is 1. The van der Waals surface area contributed by atoms with E-state index >= 15 is 0 Å². The summed E-state index contributed by atoms with van der Waals surface area (Å²) in [6.07, 6.45) is 1.03. The number of rotatable bonds is 4. The zero-order chi connectivity index (χ0) is 13.0. The van der Waals surface area contributed by atoms with E-state index in [0.717, 1.165) is 23.5 Å². The first-order valence-electron chi connectivity index (χ1n) is 6.10. The Labute approximate surface area is 108 Å². The van der Waals surface area contributed by atoms with Gasteiger partial charge in [-0.3, -0.25) is 0 Å². The normalized spacial score (nSPS) is 10.2. The Kier molecular flexibility index (Phi) is 3.82. The Morgan fingerprint density at radius 2 is 2.06 bits per heavy atom. The molecule has 1 N–H and O–H groups in total. The predicted octanol–water partition coefficient (Wildman–Crippen LogP) is 3.70. The van der Waals surface area contributed by atoms with Gasteiger partial charge in [0, 0.05) is 11.8 Å². The quantitative estimate of drug-likeness (QED) is 0.887. The van der Waals surface area contributed by atoms with Gasteiger partial charge in [0.25, 0.3) is 0 Å². The van der Waals surface area contributed by atoms with Crippen LogP contribution >= 0.6 is 0 Å². The second-order valence-electron chi connectivity index (χ2n) is 4.25. The molecule has 1 aromatic heterocycles. The Balaban J connectivity index is 2.24. The molecule has 0 spiro atoms. The SMILES string of the molecule is CCc1cccc(Nc2cc(C)cc(OC)n2)c1. The molecule has 0 unspecified atom stereocenters. The third-order valence-electron chi connectivity index (χ3n) is 2.76. The highest BCUT2D eigenvalue weighted by atomic mass is 16.5. The number of pyridine rings is 1. The molecule has 3 nitrogen and oxygen atoms in total. The summed E-state index contributed by atoms with van der Waals surface area (Å²) in [4.78, 5) is 4.37. The number of methoxy groups -OCH3 is 1. The summed E-state index contributed by atoms with van der Waals surface area (Å²) >= 11 is 0. The second kappa shape index (κ2) is 5.54. The van der Waals surface area contributed by atoms with Gasteiger partial charge < -0.3 is 10.1 Å². The van der Waals surface area contributed by atoms with E-state index in [9.17, 15) is 0 Å². The molecule has 2 aromatic rings. The van der Waals surface area contributed by atoms with Crippen molar-refractivity contribution in [1.29, 1.82) is 0 Å². The van der Waals surface area contributed by atoms with E-state index in [1.165, 1.54) is 5.56 Å². The van der Waals surface area contributed by atoms with Crippen LogP contribution in [0.15, 0.2) is 36.4 Å². The standard InChI is InChI=1S/C15H18N2O/c1-4-12-6-5-7-13(10-12)16-14-8-11(2)9-15(17-14)18-3/h5-10H,4H2,1-3H3,(H,16,17). The Hall–Kier alpha value is -2.03. The van der Waals surface area contributed by atoms with Crippen LogP contribution in [0.4, 0.5) is 11.5 Å². The van der Waals surface area contributed by atoms with Gasteiger partial charge in [0.2, 0.25) is 5.88 Å². The molecule has 3 heteroatoms. The fraction of sp³-hybridized carbons (Fsp3) is 0.267. The molecule has 1 aromatic carbocycles. The molecular formula is C15H18N2O. The minimum absolute atomic E-state index is 0.629. The van der Waals surface area contributed by atoms with Gasteiger partial charge in [-0.15, -0.1) is 0 Å². The van der Waals surface area contributed by atoms with Crippen molar-refractivity contribution in [1.82, 2.24) is 4.98 Å². The van der Waals surface area contributed by atoms with Gasteiger partial charge in [-0.25, -0.2) is 0 Å². The largest absolute Gasteiger partial charge is 0.481 e. The van der Waals surface area contributed by atoms with E-state index in [2.05, 4.69) is 29.4 Å². The second-order valence-corrected chi connectivity index (χ2v) is 4.25. The van der Waals surface area contributed by atoms with Crippen molar-refractivity contribution in [3.8, 4) is 5.88 Å². The number of hydrogen-bond acceptors (Lipinski definition) is 3. The molecule has 0 aliphatic carbocycles. The Morgan fingerprint density at radius 3 is 2.78 bits per heavy atom. The van der Waals surface area contributed by atoms with Gasteiger partial charge >= 0.3 is 0 Å². The lowest BCUT2D eigenvalue weighted by Gasteiger charge is -2.09. The predicted molar refractivity (Wildman–Crippen MR) is 74.6 cm³/mol. The van der Waals surface area contributed by atoms with Crippen LogP contribution in [0.3, 0.4) is 0 Å². The summed E-state index contributed by atoms with van der Waals surface area (Å²) < 4.78 is 5.17. The van der Waals surface area contributed by atoms with E-state index < -0.39 is 0 Å². The van der Waals surface area contributed by atoms with E-state index in [0.29, 0.717) is 5.88 Å². The third kappa shape index (κ3) is 3.00. The molecule has 2 rings (SSSR count). The van der Waals surface area contributed by atoms with Crippen molar-refractivity contribution < 1.29 is 4.74 Å². The lowest BCUT2D eigenvalue weighted by atomic mass is 10.1. The van der Waals surface area contributed by atoms with Crippen molar-refractivity contribution in [2.45, 2.75) is 20.3 Å². The van der Waals surface area contributed by atoms with Gasteiger partial charge in [0.15, 0.2) is 0 Å². The van der Waals surface area contributed by atoms with Crippen LogP contribution in [0, 0.1) is 6.92 Å². The summed E-state index contributed by atoms with van der Waals surface area (Å²) in [7, 11) is 1.63.